The van der Waals surface area contributed by atoms with Gasteiger partial charge in [0.05, 0.1) is 0 Å². The molecule has 11 heavy (non-hydrogen) atoms. The maximum absolute atomic E-state index is 3.39. The largest absolute Gasteiger partial charge is 0.314 e. The van der Waals surface area contributed by atoms with E-state index in [-0.39, 0.29) is 0 Å². The second kappa shape index (κ2) is 4.07. The van der Waals surface area contributed by atoms with Gasteiger partial charge >= 0.3 is 0 Å². The van der Waals surface area contributed by atoms with Crippen LogP contribution in [-0.4, -0.2) is 37.1 Å². The Kier molecular flexibility index (Phi) is 3.34. The minimum atomic E-state index is 0.707. The Balaban J connectivity index is 2.29. The van der Waals surface area contributed by atoms with Crippen molar-refractivity contribution in [1.82, 2.24) is 10.2 Å². The van der Waals surface area contributed by atoms with Crippen molar-refractivity contribution in [2.75, 3.05) is 26.2 Å². The summed E-state index contributed by atoms with van der Waals surface area (Å²) in [7, 11) is 0. The number of hydrogen-bond donors (Lipinski definition) is 1. The summed E-state index contributed by atoms with van der Waals surface area (Å²) in [5, 5.41) is 3.39. The Morgan fingerprint density at radius 3 is 2.82 bits per heavy atom. The molecule has 1 heterocycles. The second-order valence-corrected chi connectivity index (χ2v) is 3.73. The quantitative estimate of drug-likeness (QED) is 0.637. The van der Waals surface area contributed by atoms with Crippen LogP contribution in [0, 0.1) is 5.92 Å². The lowest BCUT2D eigenvalue weighted by Gasteiger charge is -2.34. The average molecular weight is 155 g/mol. The van der Waals surface area contributed by atoms with Crippen LogP contribution in [0.2, 0.25) is 0 Å². The highest BCUT2D eigenvalue weighted by molar-refractivity contribution is 4.86. The van der Waals surface area contributed by atoms with E-state index in [4.69, 9.17) is 0 Å². The molecular formula is C9H19N2. The van der Waals surface area contributed by atoms with Crippen LogP contribution >= 0.6 is 0 Å². The van der Waals surface area contributed by atoms with Crippen LogP contribution < -0.4 is 5.32 Å². The van der Waals surface area contributed by atoms with Gasteiger partial charge in [-0.15, -0.1) is 0 Å². The minimum absolute atomic E-state index is 0.707. The van der Waals surface area contributed by atoms with E-state index in [1.807, 2.05) is 0 Å². The van der Waals surface area contributed by atoms with Gasteiger partial charge in [-0.3, -0.25) is 4.90 Å². The summed E-state index contributed by atoms with van der Waals surface area (Å²) in [6.07, 6.45) is 0. The molecule has 0 aromatic heterocycles. The van der Waals surface area contributed by atoms with Crippen LogP contribution in [0.25, 0.3) is 0 Å². The van der Waals surface area contributed by atoms with E-state index in [1.54, 1.807) is 0 Å². The predicted octanol–water partition coefficient (Wildman–Crippen LogP) is 0.894. The molecule has 2 nitrogen and oxygen atoms in total. The smallest absolute Gasteiger partial charge is 0.0193 e. The highest BCUT2D eigenvalue weighted by Gasteiger charge is 2.17. The fourth-order valence-corrected chi connectivity index (χ4v) is 1.52. The summed E-state index contributed by atoms with van der Waals surface area (Å²) in [6, 6.07) is 0.707. The standard InChI is InChI=1S/C9H19N2/c1-8(2)7-11-5-4-10-6-9(11)3/h9-10H,4-7H2,1-3H3/t9-/m0/s1. The van der Waals surface area contributed by atoms with E-state index in [1.165, 1.54) is 19.0 Å². The first-order valence-corrected chi connectivity index (χ1v) is 4.44. The summed E-state index contributed by atoms with van der Waals surface area (Å²) >= 11 is 0. The third kappa shape index (κ3) is 2.80. The second-order valence-electron chi connectivity index (χ2n) is 3.73. The molecule has 2 heteroatoms. The molecule has 0 aliphatic carbocycles. The minimum Gasteiger partial charge on any atom is -0.314 e. The van der Waals surface area contributed by atoms with Crippen molar-refractivity contribution in [3.8, 4) is 0 Å². The number of hydrogen-bond acceptors (Lipinski definition) is 2. The van der Waals surface area contributed by atoms with Crippen molar-refractivity contribution in [1.29, 1.82) is 0 Å². The van der Waals surface area contributed by atoms with E-state index in [2.05, 4.69) is 31.0 Å². The lowest BCUT2D eigenvalue weighted by atomic mass is 10.1. The van der Waals surface area contributed by atoms with Gasteiger partial charge in [0.25, 0.3) is 0 Å². The Labute approximate surface area is 70.0 Å². The molecule has 0 aromatic rings. The zero-order chi connectivity index (χ0) is 8.27. The van der Waals surface area contributed by atoms with Crippen LogP contribution in [0.1, 0.15) is 20.8 Å². The molecule has 1 N–H and O–H groups in total. The van der Waals surface area contributed by atoms with Crippen molar-refractivity contribution in [2.45, 2.75) is 26.8 Å². The maximum atomic E-state index is 3.39. The van der Waals surface area contributed by atoms with Crippen molar-refractivity contribution >= 4 is 0 Å². The molecule has 1 atom stereocenters. The number of nitrogens with zero attached hydrogens (tertiary/aromatic N) is 1. The maximum Gasteiger partial charge on any atom is 0.0193 e. The summed E-state index contributed by atoms with van der Waals surface area (Å²) in [5.74, 6) is 1.51. The first-order chi connectivity index (χ1) is 5.20. The normalized spacial score (nSPS) is 27.8. The lowest BCUT2D eigenvalue weighted by Crippen LogP contribution is -2.50. The Morgan fingerprint density at radius 2 is 2.27 bits per heavy atom. The monoisotopic (exact) mass is 155 g/mol. The molecule has 1 aliphatic heterocycles. The van der Waals surface area contributed by atoms with E-state index in [0.29, 0.717) is 6.04 Å². The molecule has 0 spiro atoms. The van der Waals surface area contributed by atoms with E-state index in [9.17, 15) is 0 Å². The molecule has 0 bridgehead atoms. The van der Waals surface area contributed by atoms with Gasteiger partial charge in [-0.1, -0.05) is 13.8 Å². The molecule has 1 fully saturated rings. The Morgan fingerprint density at radius 1 is 1.55 bits per heavy atom. The zero-order valence-corrected chi connectivity index (χ0v) is 7.85. The van der Waals surface area contributed by atoms with Crippen LogP contribution in [-0.2, 0) is 0 Å². The molecule has 0 unspecified atom stereocenters. The van der Waals surface area contributed by atoms with Crippen molar-refractivity contribution in [3.63, 3.8) is 0 Å². The van der Waals surface area contributed by atoms with E-state index < -0.39 is 0 Å². The number of nitrogens with one attached hydrogen (secondary N) is 1. The van der Waals surface area contributed by atoms with E-state index in [0.717, 1.165) is 13.1 Å². The summed E-state index contributed by atoms with van der Waals surface area (Å²) in [4.78, 5) is 2.53. The van der Waals surface area contributed by atoms with Crippen LogP contribution in [0.4, 0.5) is 0 Å². The van der Waals surface area contributed by atoms with Crippen LogP contribution in [0.5, 0.6) is 0 Å². The Hall–Kier alpha value is -0.0800. The molecule has 0 saturated carbocycles. The lowest BCUT2D eigenvalue weighted by molar-refractivity contribution is 0.181. The highest BCUT2D eigenvalue weighted by Crippen LogP contribution is 2.06. The fraction of sp³-hybridized carbons (Fsp3) is 0.889. The molecule has 1 radical (unpaired) electrons. The van der Waals surface area contributed by atoms with Gasteiger partial charge in [0.2, 0.25) is 0 Å². The van der Waals surface area contributed by atoms with Crippen molar-refractivity contribution in [2.24, 2.45) is 0 Å². The molecular weight excluding hydrogens is 136 g/mol. The molecule has 0 aromatic carbocycles. The van der Waals surface area contributed by atoms with Crippen molar-refractivity contribution < 1.29 is 0 Å². The molecule has 65 valence electrons. The topological polar surface area (TPSA) is 15.3 Å². The zero-order valence-electron chi connectivity index (χ0n) is 7.85. The van der Waals surface area contributed by atoms with E-state index >= 15 is 0 Å². The molecule has 1 aliphatic rings. The van der Waals surface area contributed by atoms with Gasteiger partial charge < -0.3 is 5.32 Å². The number of rotatable bonds is 2. The van der Waals surface area contributed by atoms with Gasteiger partial charge in [0, 0.05) is 32.2 Å². The van der Waals surface area contributed by atoms with Gasteiger partial charge in [-0.25, -0.2) is 0 Å². The SMILES string of the molecule is C[C](C)CN1CCNC[C@@H]1C. The third-order valence-electron chi connectivity index (χ3n) is 2.16. The van der Waals surface area contributed by atoms with Gasteiger partial charge in [0.1, 0.15) is 0 Å². The summed E-state index contributed by atoms with van der Waals surface area (Å²) in [6.45, 7) is 11.4. The summed E-state index contributed by atoms with van der Waals surface area (Å²) in [5.41, 5.74) is 0. The molecule has 1 saturated heterocycles. The number of piperazine rings is 1. The van der Waals surface area contributed by atoms with Crippen LogP contribution in [0.15, 0.2) is 0 Å². The average Bonchev–Trinajstić information content (AvgIpc) is 1.93. The highest BCUT2D eigenvalue weighted by atomic mass is 15.2. The van der Waals surface area contributed by atoms with Crippen molar-refractivity contribution in [3.05, 3.63) is 5.92 Å². The fourth-order valence-electron chi connectivity index (χ4n) is 1.52. The molecule has 0 amide bonds. The summed E-state index contributed by atoms with van der Waals surface area (Å²) < 4.78 is 0. The Bertz CT molecular complexity index is 112. The van der Waals surface area contributed by atoms with Gasteiger partial charge in [-0.2, -0.15) is 0 Å². The first kappa shape index (κ1) is 9.01. The first-order valence-electron chi connectivity index (χ1n) is 4.44. The molecule has 1 rings (SSSR count). The van der Waals surface area contributed by atoms with Gasteiger partial charge in [0.15, 0.2) is 0 Å². The predicted molar refractivity (Wildman–Crippen MR) is 48.5 cm³/mol. The van der Waals surface area contributed by atoms with Gasteiger partial charge in [-0.05, 0) is 12.8 Å². The third-order valence-corrected chi connectivity index (χ3v) is 2.16. The van der Waals surface area contributed by atoms with Crippen LogP contribution in [0.3, 0.4) is 0 Å².